The van der Waals surface area contributed by atoms with Gasteiger partial charge in [-0.1, -0.05) is 12.1 Å². The summed E-state index contributed by atoms with van der Waals surface area (Å²) < 4.78 is 5.58. The van der Waals surface area contributed by atoms with Crippen molar-refractivity contribution in [2.24, 2.45) is 0 Å². The van der Waals surface area contributed by atoms with Gasteiger partial charge in [0.1, 0.15) is 11.9 Å². The second kappa shape index (κ2) is 7.08. The lowest BCUT2D eigenvalue weighted by Crippen LogP contribution is -2.38. The van der Waals surface area contributed by atoms with E-state index in [2.05, 4.69) is 4.98 Å². The third-order valence-corrected chi connectivity index (χ3v) is 4.00. The van der Waals surface area contributed by atoms with Crippen LogP contribution in [0.2, 0.25) is 0 Å². The van der Waals surface area contributed by atoms with E-state index in [1.165, 1.54) is 0 Å². The van der Waals surface area contributed by atoms with Gasteiger partial charge in [-0.15, -0.1) is 0 Å². The minimum absolute atomic E-state index is 0.0452. The standard InChI is InChI=1S/C16H21N3O4/c20-8-7-18-5-6-19(11-12(21)10-18)16(22)9-15-17-13-3-1-2-4-14(13)23-15/h1-4,12,20-21H,5-11H2/t12-/m1/s1. The van der Waals surface area contributed by atoms with Crippen molar-refractivity contribution in [3.63, 3.8) is 0 Å². The molecule has 1 fully saturated rings. The number of para-hydroxylation sites is 2. The van der Waals surface area contributed by atoms with E-state index >= 15 is 0 Å². The van der Waals surface area contributed by atoms with E-state index in [4.69, 9.17) is 9.52 Å². The molecule has 23 heavy (non-hydrogen) atoms. The van der Waals surface area contributed by atoms with Crippen molar-refractivity contribution in [1.29, 1.82) is 0 Å². The Morgan fingerprint density at radius 1 is 1.30 bits per heavy atom. The van der Waals surface area contributed by atoms with Gasteiger partial charge in [0, 0.05) is 32.7 Å². The SMILES string of the molecule is O=C(Cc1nc2ccccc2o1)N1CCN(CCO)C[C@@H](O)C1. The molecule has 124 valence electrons. The van der Waals surface area contributed by atoms with Crippen LogP contribution >= 0.6 is 0 Å². The minimum atomic E-state index is -0.614. The highest BCUT2D eigenvalue weighted by molar-refractivity contribution is 5.79. The molecule has 1 aromatic heterocycles. The summed E-state index contributed by atoms with van der Waals surface area (Å²) in [5.74, 6) is 0.281. The predicted octanol–water partition coefficient (Wildman–Crippen LogP) is -0.132. The summed E-state index contributed by atoms with van der Waals surface area (Å²) >= 11 is 0. The number of hydrogen-bond donors (Lipinski definition) is 2. The van der Waals surface area contributed by atoms with E-state index in [9.17, 15) is 9.90 Å². The zero-order valence-corrected chi connectivity index (χ0v) is 12.9. The Labute approximate surface area is 134 Å². The highest BCUT2D eigenvalue weighted by Crippen LogP contribution is 2.16. The smallest absolute Gasteiger partial charge is 0.232 e. The van der Waals surface area contributed by atoms with Crippen LogP contribution in [0.25, 0.3) is 11.1 Å². The van der Waals surface area contributed by atoms with Gasteiger partial charge in [-0.3, -0.25) is 9.69 Å². The monoisotopic (exact) mass is 319 g/mol. The third kappa shape index (κ3) is 3.87. The molecule has 1 amide bonds. The maximum atomic E-state index is 12.5. The van der Waals surface area contributed by atoms with Crippen molar-refractivity contribution in [3.8, 4) is 0 Å². The Kier molecular flexibility index (Phi) is 4.90. The number of nitrogens with zero attached hydrogens (tertiary/aromatic N) is 3. The van der Waals surface area contributed by atoms with E-state index < -0.39 is 6.10 Å². The largest absolute Gasteiger partial charge is 0.440 e. The van der Waals surface area contributed by atoms with Crippen LogP contribution in [0, 0.1) is 0 Å². The Hall–Kier alpha value is -1.96. The summed E-state index contributed by atoms with van der Waals surface area (Å²) in [6, 6.07) is 7.39. The molecule has 1 saturated heterocycles. The van der Waals surface area contributed by atoms with E-state index in [0.717, 1.165) is 5.52 Å². The number of aliphatic hydroxyl groups excluding tert-OH is 2. The number of rotatable bonds is 4. The van der Waals surface area contributed by atoms with E-state index in [1.807, 2.05) is 29.2 Å². The number of amides is 1. The minimum Gasteiger partial charge on any atom is -0.440 e. The molecule has 3 rings (SSSR count). The molecule has 0 aliphatic carbocycles. The number of fused-ring (bicyclic) bond motifs is 1. The van der Waals surface area contributed by atoms with Gasteiger partial charge in [-0.05, 0) is 12.1 Å². The van der Waals surface area contributed by atoms with Crippen molar-refractivity contribution in [1.82, 2.24) is 14.8 Å². The number of oxazole rings is 1. The number of benzene rings is 1. The fourth-order valence-corrected chi connectivity index (χ4v) is 2.86. The molecular formula is C16H21N3O4. The Morgan fingerprint density at radius 2 is 2.13 bits per heavy atom. The molecule has 0 bridgehead atoms. The molecule has 1 atom stereocenters. The van der Waals surface area contributed by atoms with Gasteiger partial charge < -0.3 is 19.5 Å². The summed E-state index contributed by atoms with van der Waals surface area (Å²) in [6.07, 6.45) is -0.530. The van der Waals surface area contributed by atoms with Crippen molar-refractivity contribution in [2.75, 3.05) is 39.3 Å². The molecule has 2 N–H and O–H groups in total. The molecular weight excluding hydrogens is 298 g/mol. The lowest BCUT2D eigenvalue weighted by Gasteiger charge is -2.21. The van der Waals surface area contributed by atoms with Crippen molar-refractivity contribution in [3.05, 3.63) is 30.2 Å². The second-order valence-corrected chi connectivity index (χ2v) is 5.77. The number of aliphatic hydroxyl groups is 2. The zero-order chi connectivity index (χ0) is 16.2. The molecule has 1 aliphatic rings. The van der Waals surface area contributed by atoms with Gasteiger partial charge in [-0.2, -0.15) is 0 Å². The van der Waals surface area contributed by atoms with Crippen LogP contribution in [0.1, 0.15) is 5.89 Å². The van der Waals surface area contributed by atoms with Crippen LogP contribution in [0.3, 0.4) is 0 Å². The average Bonchev–Trinajstić information content (AvgIpc) is 2.83. The molecule has 1 aromatic carbocycles. The van der Waals surface area contributed by atoms with Gasteiger partial charge in [0.15, 0.2) is 5.58 Å². The first-order chi connectivity index (χ1) is 11.2. The number of aromatic nitrogens is 1. The zero-order valence-electron chi connectivity index (χ0n) is 12.9. The van der Waals surface area contributed by atoms with E-state index in [1.54, 1.807) is 4.90 Å². The lowest BCUT2D eigenvalue weighted by atomic mass is 10.3. The first kappa shape index (κ1) is 15.9. The number of hydrogen-bond acceptors (Lipinski definition) is 6. The lowest BCUT2D eigenvalue weighted by molar-refractivity contribution is -0.131. The number of carbonyl (C=O) groups is 1. The van der Waals surface area contributed by atoms with Crippen LogP contribution in [0.15, 0.2) is 28.7 Å². The molecule has 0 spiro atoms. The van der Waals surface area contributed by atoms with Crippen molar-refractivity contribution >= 4 is 17.0 Å². The van der Waals surface area contributed by atoms with Crippen LogP contribution in [0.5, 0.6) is 0 Å². The summed E-state index contributed by atoms with van der Waals surface area (Å²) in [4.78, 5) is 20.4. The summed E-state index contributed by atoms with van der Waals surface area (Å²) in [5, 5.41) is 19.0. The topological polar surface area (TPSA) is 90.0 Å². The summed E-state index contributed by atoms with van der Waals surface area (Å²) in [7, 11) is 0. The van der Waals surface area contributed by atoms with Gasteiger partial charge in [0.05, 0.1) is 12.7 Å². The highest BCUT2D eigenvalue weighted by Gasteiger charge is 2.25. The normalized spacial score (nSPS) is 19.9. The quantitative estimate of drug-likeness (QED) is 0.816. The average molecular weight is 319 g/mol. The molecule has 0 radical (unpaired) electrons. The molecule has 2 aromatic rings. The first-order valence-corrected chi connectivity index (χ1v) is 7.79. The van der Waals surface area contributed by atoms with Crippen LogP contribution in [-0.4, -0.2) is 76.3 Å². The van der Waals surface area contributed by atoms with Gasteiger partial charge in [0.25, 0.3) is 0 Å². The molecule has 1 aliphatic heterocycles. The predicted molar refractivity (Wildman–Crippen MR) is 83.8 cm³/mol. The Balaban J connectivity index is 1.65. The number of β-amino-alcohol motifs (C(OH)–C–C–N with tert-alkyl or cyclic N) is 2. The van der Waals surface area contributed by atoms with E-state index in [0.29, 0.717) is 44.2 Å². The Morgan fingerprint density at radius 3 is 2.91 bits per heavy atom. The third-order valence-electron chi connectivity index (χ3n) is 4.00. The fraction of sp³-hybridized carbons (Fsp3) is 0.500. The summed E-state index contributed by atoms with van der Waals surface area (Å²) in [6.45, 7) is 2.47. The molecule has 7 nitrogen and oxygen atoms in total. The van der Waals surface area contributed by atoms with E-state index in [-0.39, 0.29) is 18.9 Å². The van der Waals surface area contributed by atoms with Gasteiger partial charge >= 0.3 is 0 Å². The molecule has 7 heteroatoms. The molecule has 0 saturated carbocycles. The maximum Gasteiger partial charge on any atom is 0.232 e. The fourth-order valence-electron chi connectivity index (χ4n) is 2.86. The Bertz CT molecular complexity index is 639. The summed E-state index contributed by atoms with van der Waals surface area (Å²) in [5.41, 5.74) is 1.40. The molecule has 2 heterocycles. The van der Waals surface area contributed by atoms with Gasteiger partial charge in [-0.25, -0.2) is 4.98 Å². The number of carbonyl (C=O) groups excluding carboxylic acids is 1. The van der Waals surface area contributed by atoms with Gasteiger partial charge in [0.2, 0.25) is 11.8 Å². The van der Waals surface area contributed by atoms with Crippen molar-refractivity contribution < 1.29 is 19.4 Å². The second-order valence-electron chi connectivity index (χ2n) is 5.77. The van der Waals surface area contributed by atoms with Crippen LogP contribution < -0.4 is 0 Å². The first-order valence-electron chi connectivity index (χ1n) is 7.79. The molecule has 0 unspecified atom stereocenters. The van der Waals surface area contributed by atoms with Crippen molar-refractivity contribution in [2.45, 2.75) is 12.5 Å². The highest BCUT2D eigenvalue weighted by atomic mass is 16.3. The van der Waals surface area contributed by atoms with Crippen LogP contribution in [-0.2, 0) is 11.2 Å². The maximum absolute atomic E-state index is 12.5. The van der Waals surface area contributed by atoms with Crippen LogP contribution in [0.4, 0.5) is 0 Å².